The summed E-state index contributed by atoms with van der Waals surface area (Å²) in [7, 11) is 1.80. The highest BCUT2D eigenvalue weighted by molar-refractivity contribution is 5.90. The Labute approximate surface area is 197 Å². The van der Waals surface area contributed by atoms with Crippen LogP contribution in [0.2, 0.25) is 0 Å². The average molecular weight is 449 g/mol. The van der Waals surface area contributed by atoms with E-state index >= 15 is 0 Å². The molecular weight excluding hydrogens is 412 g/mol. The first-order valence-corrected chi connectivity index (χ1v) is 12.4. The van der Waals surface area contributed by atoms with Gasteiger partial charge in [-0.2, -0.15) is 0 Å². The molecule has 1 saturated heterocycles. The van der Waals surface area contributed by atoms with Crippen LogP contribution in [0.1, 0.15) is 63.5 Å². The van der Waals surface area contributed by atoms with E-state index < -0.39 is 0 Å². The van der Waals surface area contributed by atoms with Crippen LogP contribution in [0.25, 0.3) is 0 Å². The normalized spacial score (nSPS) is 20.5. The van der Waals surface area contributed by atoms with E-state index in [2.05, 4.69) is 17.4 Å². The van der Waals surface area contributed by atoms with Gasteiger partial charge in [-0.15, -0.1) is 0 Å². The topological polar surface area (TPSA) is 58.6 Å². The number of likely N-dealkylation sites (tertiary alicyclic amines) is 1. The summed E-state index contributed by atoms with van der Waals surface area (Å²) in [6, 6.07) is 17.7. The van der Waals surface area contributed by atoms with Crippen LogP contribution in [-0.2, 0) is 9.59 Å². The highest BCUT2D eigenvalue weighted by Gasteiger charge is 2.39. The number of Topliss-reactive ketones (excluding diaryl/α,β-unsaturated/α-hetero) is 1. The van der Waals surface area contributed by atoms with Crippen LogP contribution in [0.15, 0.2) is 54.6 Å². The number of nitrogens with one attached hydrogen (secondary N) is 1. The Hall–Kier alpha value is -2.66. The third-order valence-corrected chi connectivity index (χ3v) is 7.38. The number of ketones is 1. The molecule has 33 heavy (non-hydrogen) atoms. The van der Waals surface area contributed by atoms with Crippen LogP contribution in [0.3, 0.4) is 0 Å². The molecule has 0 spiro atoms. The fourth-order valence-electron chi connectivity index (χ4n) is 5.37. The smallest absolute Gasteiger partial charge is 0.226 e. The Morgan fingerprint density at radius 1 is 1.00 bits per heavy atom. The third kappa shape index (κ3) is 5.64. The number of likely N-dealkylation sites (N-methyl/N-ethyl adjacent to an activating group) is 1. The zero-order valence-electron chi connectivity index (χ0n) is 19.8. The van der Waals surface area contributed by atoms with Crippen molar-refractivity contribution in [3.8, 4) is 11.5 Å². The van der Waals surface area contributed by atoms with Gasteiger partial charge in [0.2, 0.25) is 5.91 Å². The molecule has 5 nitrogen and oxygen atoms in total. The lowest BCUT2D eigenvalue weighted by Gasteiger charge is -2.32. The Bertz CT molecular complexity index is 939. The van der Waals surface area contributed by atoms with E-state index in [0.29, 0.717) is 12.3 Å². The predicted octanol–water partition coefficient (Wildman–Crippen LogP) is 5.52. The highest BCUT2D eigenvalue weighted by Crippen LogP contribution is 2.40. The second-order valence-electron chi connectivity index (χ2n) is 9.51. The molecule has 1 saturated carbocycles. The van der Waals surface area contributed by atoms with E-state index in [-0.39, 0.29) is 29.7 Å². The molecule has 2 aliphatic rings. The lowest BCUT2D eigenvalue weighted by Crippen LogP contribution is -2.41. The molecule has 2 aromatic carbocycles. The van der Waals surface area contributed by atoms with Gasteiger partial charge in [-0.1, -0.05) is 43.2 Å². The van der Waals surface area contributed by atoms with Crippen molar-refractivity contribution in [3.05, 3.63) is 60.2 Å². The van der Waals surface area contributed by atoms with Gasteiger partial charge < -0.3 is 15.0 Å². The lowest BCUT2D eigenvalue weighted by molar-refractivity contribution is -0.141. The molecule has 1 aliphatic heterocycles. The number of ether oxygens (including phenoxy) is 1. The van der Waals surface area contributed by atoms with Gasteiger partial charge in [0, 0.05) is 18.9 Å². The Balaban J connectivity index is 1.53. The molecule has 1 N–H and O–H groups in total. The molecule has 4 rings (SSSR count). The molecule has 0 aromatic heterocycles. The van der Waals surface area contributed by atoms with Gasteiger partial charge in [-0.3, -0.25) is 9.59 Å². The number of amides is 1. The van der Waals surface area contributed by atoms with E-state index in [1.165, 1.54) is 0 Å². The molecular formula is C28H36N2O3. The van der Waals surface area contributed by atoms with Crippen LogP contribution in [0.4, 0.5) is 0 Å². The van der Waals surface area contributed by atoms with Crippen molar-refractivity contribution >= 4 is 11.7 Å². The molecule has 1 heterocycles. The van der Waals surface area contributed by atoms with Crippen LogP contribution in [0.5, 0.6) is 11.5 Å². The number of para-hydroxylation sites is 1. The summed E-state index contributed by atoms with van der Waals surface area (Å²) in [4.78, 5) is 28.7. The standard InChI is InChI=1S/C28H36N2O3/c1-20(29-2)27(31)19-25(21-10-6-7-11-21)28(32)30-17-9-16-26(30)22-12-8-15-24(18-22)33-23-13-4-3-5-14-23/h3-5,8,12-15,18,20-21,25-26,29H,6-7,9-11,16-17,19H2,1-2H3/t20-,25-,26-/m0/s1. The molecule has 176 valence electrons. The minimum atomic E-state index is -0.220. The maximum absolute atomic E-state index is 13.9. The number of carbonyl (C=O) groups is 2. The largest absolute Gasteiger partial charge is 0.457 e. The Kier molecular flexibility index (Phi) is 7.81. The first kappa shape index (κ1) is 23.5. The number of rotatable bonds is 9. The van der Waals surface area contributed by atoms with Crippen LogP contribution in [0, 0.1) is 11.8 Å². The van der Waals surface area contributed by atoms with Gasteiger partial charge in [0.15, 0.2) is 0 Å². The van der Waals surface area contributed by atoms with Gasteiger partial charge in [-0.25, -0.2) is 0 Å². The summed E-state index contributed by atoms with van der Waals surface area (Å²) >= 11 is 0. The molecule has 2 fully saturated rings. The van der Waals surface area contributed by atoms with Crippen molar-refractivity contribution in [2.75, 3.05) is 13.6 Å². The Morgan fingerprint density at radius 2 is 1.73 bits per heavy atom. The number of hydrogen-bond donors (Lipinski definition) is 1. The minimum Gasteiger partial charge on any atom is -0.457 e. The van der Waals surface area contributed by atoms with E-state index in [1.54, 1.807) is 7.05 Å². The molecule has 0 bridgehead atoms. The first-order chi connectivity index (χ1) is 16.1. The molecule has 2 aromatic rings. The second kappa shape index (κ2) is 11.0. The fourth-order valence-corrected chi connectivity index (χ4v) is 5.37. The summed E-state index contributed by atoms with van der Waals surface area (Å²) in [5.74, 6) is 1.99. The summed E-state index contributed by atoms with van der Waals surface area (Å²) in [5.41, 5.74) is 1.11. The van der Waals surface area contributed by atoms with Crippen LogP contribution >= 0.6 is 0 Å². The fraction of sp³-hybridized carbons (Fsp3) is 0.500. The summed E-state index contributed by atoms with van der Waals surface area (Å²) < 4.78 is 6.04. The highest BCUT2D eigenvalue weighted by atomic mass is 16.5. The number of hydrogen-bond acceptors (Lipinski definition) is 4. The van der Waals surface area contributed by atoms with Gasteiger partial charge >= 0.3 is 0 Å². The molecule has 0 radical (unpaired) electrons. The first-order valence-electron chi connectivity index (χ1n) is 12.4. The van der Waals surface area contributed by atoms with Crippen LogP contribution < -0.4 is 10.1 Å². The van der Waals surface area contributed by atoms with Gasteiger partial charge in [0.1, 0.15) is 17.3 Å². The lowest BCUT2D eigenvalue weighted by atomic mass is 9.84. The molecule has 5 heteroatoms. The van der Waals surface area contributed by atoms with E-state index in [1.807, 2.05) is 54.3 Å². The average Bonchev–Trinajstić information content (AvgIpc) is 3.55. The van der Waals surface area contributed by atoms with Crippen molar-refractivity contribution in [3.63, 3.8) is 0 Å². The molecule has 3 atom stereocenters. The Morgan fingerprint density at radius 3 is 2.45 bits per heavy atom. The predicted molar refractivity (Wildman–Crippen MR) is 130 cm³/mol. The zero-order chi connectivity index (χ0) is 23.2. The van der Waals surface area contributed by atoms with E-state index in [9.17, 15) is 9.59 Å². The van der Waals surface area contributed by atoms with Crippen molar-refractivity contribution in [1.29, 1.82) is 0 Å². The molecule has 0 unspecified atom stereocenters. The summed E-state index contributed by atoms with van der Waals surface area (Å²) in [5, 5.41) is 3.04. The maximum Gasteiger partial charge on any atom is 0.226 e. The van der Waals surface area contributed by atoms with Crippen molar-refractivity contribution in [2.45, 2.75) is 64.0 Å². The van der Waals surface area contributed by atoms with Crippen molar-refractivity contribution in [2.24, 2.45) is 11.8 Å². The van der Waals surface area contributed by atoms with Gasteiger partial charge in [0.05, 0.1) is 12.1 Å². The number of benzene rings is 2. The minimum absolute atomic E-state index is 0.0394. The SMILES string of the molecule is CN[C@@H](C)C(=O)C[C@H](C(=O)N1CCC[C@H]1c1cccc(Oc2ccccc2)c1)C1CCCC1. The molecule has 1 amide bonds. The zero-order valence-corrected chi connectivity index (χ0v) is 19.8. The number of nitrogens with zero attached hydrogens (tertiary/aromatic N) is 1. The van der Waals surface area contributed by atoms with Gasteiger partial charge in [0.25, 0.3) is 0 Å². The number of carbonyl (C=O) groups excluding carboxylic acids is 2. The van der Waals surface area contributed by atoms with E-state index in [4.69, 9.17) is 4.74 Å². The summed E-state index contributed by atoms with van der Waals surface area (Å²) in [6.45, 7) is 2.64. The van der Waals surface area contributed by atoms with Gasteiger partial charge in [-0.05, 0) is 75.4 Å². The maximum atomic E-state index is 13.9. The summed E-state index contributed by atoms with van der Waals surface area (Å²) in [6.07, 6.45) is 6.69. The molecule has 1 aliphatic carbocycles. The second-order valence-corrected chi connectivity index (χ2v) is 9.51. The third-order valence-electron chi connectivity index (χ3n) is 7.38. The monoisotopic (exact) mass is 448 g/mol. The van der Waals surface area contributed by atoms with Crippen LogP contribution in [-0.4, -0.2) is 36.2 Å². The quantitative estimate of drug-likeness (QED) is 0.549. The van der Waals surface area contributed by atoms with Crippen molar-refractivity contribution < 1.29 is 14.3 Å². The van der Waals surface area contributed by atoms with Crippen molar-refractivity contribution in [1.82, 2.24) is 10.2 Å². The van der Waals surface area contributed by atoms with E-state index in [0.717, 1.165) is 62.1 Å².